The number of carbonyl (C=O) groups is 1. The number of rotatable bonds is 4. The molecule has 0 fully saturated rings. The number of pyridine rings is 1. The minimum Gasteiger partial charge on any atom is -0.472 e. The molecule has 2 amide bonds. The zero-order valence-electron chi connectivity index (χ0n) is 17.9. The predicted octanol–water partition coefficient (Wildman–Crippen LogP) is 7.47. The van der Waals surface area contributed by atoms with Crippen molar-refractivity contribution in [3.8, 4) is 22.3 Å². The molecule has 4 N–H and O–H groups in total. The molecule has 5 rings (SSSR count). The highest BCUT2D eigenvalue weighted by atomic mass is 32.1. The van der Waals surface area contributed by atoms with Crippen LogP contribution in [0.2, 0.25) is 0 Å². The van der Waals surface area contributed by atoms with E-state index in [-0.39, 0.29) is 5.69 Å². The van der Waals surface area contributed by atoms with E-state index in [1.807, 2.05) is 23.6 Å². The number of benzene rings is 2. The first-order chi connectivity index (χ1) is 16.8. The van der Waals surface area contributed by atoms with Gasteiger partial charge in [-0.1, -0.05) is 18.2 Å². The lowest BCUT2D eigenvalue weighted by Crippen LogP contribution is -2.19. The van der Waals surface area contributed by atoms with Crippen LogP contribution in [-0.4, -0.2) is 11.0 Å². The van der Waals surface area contributed by atoms with Crippen molar-refractivity contribution in [2.75, 3.05) is 16.4 Å². The van der Waals surface area contributed by atoms with Gasteiger partial charge in [0, 0.05) is 44.3 Å². The standard InChI is InChI=1S/C25H17F3N4O2S/c26-25(27,28)16-2-1-3-18(10-16)32-24(33)31-17-6-4-14(5-7-17)20-13-35-22-19(15-8-9-34-12-15)11-30-23(29)21(20)22/h1-13H,(H2,29,30)(H2,31,32,33). The van der Waals surface area contributed by atoms with Crippen molar-refractivity contribution >= 4 is 44.6 Å². The summed E-state index contributed by atoms with van der Waals surface area (Å²) in [4.78, 5) is 16.6. The number of nitrogen functional groups attached to an aromatic ring is 1. The number of thiophene rings is 1. The zero-order valence-corrected chi connectivity index (χ0v) is 18.7. The molecule has 0 spiro atoms. The van der Waals surface area contributed by atoms with Gasteiger partial charge in [0.1, 0.15) is 5.82 Å². The van der Waals surface area contributed by atoms with E-state index in [0.29, 0.717) is 11.5 Å². The second-order valence-corrected chi connectivity index (χ2v) is 8.54. The van der Waals surface area contributed by atoms with Gasteiger partial charge >= 0.3 is 12.2 Å². The highest BCUT2D eigenvalue weighted by Crippen LogP contribution is 2.42. The average Bonchev–Trinajstić information content (AvgIpc) is 3.51. The van der Waals surface area contributed by atoms with E-state index < -0.39 is 17.8 Å². The highest BCUT2D eigenvalue weighted by molar-refractivity contribution is 7.18. The SMILES string of the molecule is Nc1ncc(-c2ccoc2)c2scc(-c3ccc(NC(=O)Nc4cccc(C(F)(F)F)c4)cc3)c12. The summed E-state index contributed by atoms with van der Waals surface area (Å²) in [5.41, 5.74) is 9.48. The molecule has 0 bridgehead atoms. The summed E-state index contributed by atoms with van der Waals surface area (Å²) in [6.45, 7) is 0. The smallest absolute Gasteiger partial charge is 0.416 e. The third-order valence-corrected chi connectivity index (χ3v) is 6.37. The number of urea groups is 1. The molecule has 3 heterocycles. The molecule has 0 saturated heterocycles. The molecule has 0 radical (unpaired) electrons. The van der Waals surface area contributed by atoms with Crippen molar-refractivity contribution < 1.29 is 22.4 Å². The van der Waals surface area contributed by atoms with Crippen LogP contribution in [-0.2, 0) is 6.18 Å². The summed E-state index contributed by atoms with van der Waals surface area (Å²) < 4.78 is 44.8. The summed E-state index contributed by atoms with van der Waals surface area (Å²) in [5.74, 6) is 0.408. The van der Waals surface area contributed by atoms with Crippen LogP contribution in [0.4, 0.5) is 35.2 Å². The van der Waals surface area contributed by atoms with E-state index >= 15 is 0 Å². The van der Waals surface area contributed by atoms with Gasteiger partial charge in [0.15, 0.2) is 0 Å². The van der Waals surface area contributed by atoms with Gasteiger partial charge in [0.2, 0.25) is 0 Å². The van der Waals surface area contributed by atoms with Gasteiger partial charge in [0.25, 0.3) is 0 Å². The summed E-state index contributed by atoms with van der Waals surface area (Å²) in [6, 6.07) is 12.7. The number of anilines is 3. The quantitative estimate of drug-likeness (QED) is 0.242. The second-order valence-electron chi connectivity index (χ2n) is 7.66. The molecule has 10 heteroatoms. The maximum absolute atomic E-state index is 12.9. The van der Waals surface area contributed by atoms with Crippen molar-refractivity contribution in [1.82, 2.24) is 4.98 Å². The lowest BCUT2D eigenvalue weighted by atomic mass is 10.0. The molecule has 5 aromatic rings. The van der Waals surface area contributed by atoms with Crippen LogP contribution in [0.15, 0.2) is 83.1 Å². The monoisotopic (exact) mass is 494 g/mol. The Morgan fingerprint density at radius 1 is 0.971 bits per heavy atom. The van der Waals surface area contributed by atoms with Gasteiger partial charge in [-0.15, -0.1) is 11.3 Å². The number of hydrogen-bond donors (Lipinski definition) is 3. The fourth-order valence-electron chi connectivity index (χ4n) is 3.70. The summed E-state index contributed by atoms with van der Waals surface area (Å²) in [7, 11) is 0. The first-order valence-corrected chi connectivity index (χ1v) is 11.2. The Balaban J connectivity index is 1.35. The number of hydrogen-bond acceptors (Lipinski definition) is 5. The minimum atomic E-state index is -4.49. The number of carbonyl (C=O) groups excluding carboxylic acids is 1. The Kier molecular flexibility index (Phi) is 5.65. The largest absolute Gasteiger partial charge is 0.472 e. The number of amides is 2. The van der Waals surface area contributed by atoms with Gasteiger partial charge < -0.3 is 20.8 Å². The van der Waals surface area contributed by atoms with E-state index in [1.54, 1.807) is 42.2 Å². The number of halogens is 3. The van der Waals surface area contributed by atoms with Crippen LogP contribution in [0, 0.1) is 0 Å². The minimum absolute atomic E-state index is 0.0371. The number of nitrogens with one attached hydrogen (secondary N) is 2. The fourth-order valence-corrected chi connectivity index (χ4v) is 4.82. The molecule has 2 aromatic carbocycles. The average molecular weight is 494 g/mol. The zero-order chi connectivity index (χ0) is 24.6. The van der Waals surface area contributed by atoms with Crippen LogP contribution in [0.5, 0.6) is 0 Å². The van der Waals surface area contributed by atoms with Crippen molar-refractivity contribution in [2.24, 2.45) is 0 Å². The number of alkyl halides is 3. The van der Waals surface area contributed by atoms with E-state index in [2.05, 4.69) is 15.6 Å². The van der Waals surface area contributed by atoms with Gasteiger partial charge in [-0.2, -0.15) is 13.2 Å². The third kappa shape index (κ3) is 4.56. The van der Waals surface area contributed by atoms with Crippen molar-refractivity contribution in [3.63, 3.8) is 0 Å². The fraction of sp³-hybridized carbons (Fsp3) is 0.0400. The number of aromatic nitrogens is 1. The Bertz CT molecular complexity index is 1510. The normalized spacial score (nSPS) is 11.5. The van der Waals surface area contributed by atoms with Crippen LogP contribution in [0.3, 0.4) is 0 Å². The highest BCUT2D eigenvalue weighted by Gasteiger charge is 2.30. The molecule has 0 aliphatic carbocycles. The molecular weight excluding hydrogens is 477 g/mol. The Hall–Kier alpha value is -4.31. The van der Waals surface area contributed by atoms with Crippen LogP contribution >= 0.6 is 11.3 Å². The second kappa shape index (κ2) is 8.80. The molecule has 176 valence electrons. The molecular formula is C25H17F3N4O2S. The molecule has 0 saturated carbocycles. The maximum atomic E-state index is 12.9. The number of furan rings is 1. The lowest BCUT2D eigenvalue weighted by Gasteiger charge is -2.11. The summed E-state index contributed by atoms with van der Waals surface area (Å²) in [6.07, 6.45) is 0.477. The number of fused-ring (bicyclic) bond motifs is 1. The molecule has 0 aliphatic rings. The van der Waals surface area contributed by atoms with Crippen LogP contribution < -0.4 is 16.4 Å². The lowest BCUT2D eigenvalue weighted by molar-refractivity contribution is -0.137. The van der Waals surface area contributed by atoms with Crippen molar-refractivity contribution in [3.05, 3.63) is 84.3 Å². The Morgan fingerprint density at radius 3 is 2.46 bits per heavy atom. The predicted molar refractivity (Wildman–Crippen MR) is 131 cm³/mol. The van der Waals surface area contributed by atoms with E-state index in [9.17, 15) is 18.0 Å². The maximum Gasteiger partial charge on any atom is 0.416 e. The summed E-state index contributed by atoms with van der Waals surface area (Å²) >= 11 is 1.55. The van der Waals surface area contributed by atoms with E-state index in [1.165, 1.54) is 12.1 Å². The molecule has 6 nitrogen and oxygen atoms in total. The van der Waals surface area contributed by atoms with Gasteiger partial charge in [-0.3, -0.25) is 0 Å². The Labute approximate surface area is 201 Å². The molecule has 0 aliphatic heterocycles. The van der Waals surface area contributed by atoms with E-state index in [4.69, 9.17) is 10.2 Å². The van der Waals surface area contributed by atoms with Gasteiger partial charge in [-0.05, 0) is 47.3 Å². The summed E-state index contributed by atoms with van der Waals surface area (Å²) in [5, 5.41) is 7.86. The van der Waals surface area contributed by atoms with Crippen molar-refractivity contribution in [1.29, 1.82) is 0 Å². The third-order valence-electron chi connectivity index (χ3n) is 5.36. The first kappa shape index (κ1) is 22.5. The topological polar surface area (TPSA) is 93.2 Å². The molecule has 0 atom stereocenters. The van der Waals surface area contributed by atoms with Crippen LogP contribution in [0.1, 0.15) is 5.56 Å². The molecule has 35 heavy (non-hydrogen) atoms. The molecule has 0 unspecified atom stereocenters. The number of nitrogens with zero attached hydrogens (tertiary/aromatic N) is 1. The number of nitrogens with two attached hydrogens (primary N) is 1. The Morgan fingerprint density at radius 2 is 1.74 bits per heavy atom. The van der Waals surface area contributed by atoms with Gasteiger partial charge in [-0.25, -0.2) is 9.78 Å². The van der Waals surface area contributed by atoms with E-state index in [0.717, 1.165) is 44.5 Å². The molecule has 3 aromatic heterocycles. The van der Waals surface area contributed by atoms with Gasteiger partial charge in [0.05, 0.1) is 18.1 Å². The first-order valence-electron chi connectivity index (χ1n) is 10.3. The van der Waals surface area contributed by atoms with Crippen molar-refractivity contribution in [2.45, 2.75) is 6.18 Å². The van der Waals surface area contributed by atoms with Crippen LogP contribution in [0.25, 0.3) is 32.3 Å².